The number of esters is 1. The van der Waals surface area contributed by atoms with Crippen molar-refractivity contribution in [1.29, 1.82) is 0 Å². The highest BCUT2D eigenvalue weighted by molar-refractivity contribution is 5.92. The smallest absolute Gasteiger partial charge is 0.412 e. The highest BCUT2D eigenvalue weighted by Gasteiger charge is 2.45. The maximum absolute atomic E-state index is 12.7. The molecular weight excluding hydrogens is 392 g/mol. The van der Waals surface area contributed by atoms with Crippen molar-refractivity contribution < 1.29 is 33.3 Å². The zero-order valence-electron chi connectivity index (χ0n) is 19.6. The lowest BCUT2D eigenvalue weighted by molar-refractivity contribution is -0.136. The molecule has 1 aliphatic rings. The van der Waals surface area contributed by atoms with Crippen LogP contribution in [0, 0.1) is 0 Å². The predicted molar refractivity (Wildman–Crippen MR) is 111 cm³/mol. The SMILES string of the molecule is COC(=O)/C(=C/CC[C@@H]1COC(C)(C)N1C(=O)OC(C)(C)C)NC(=O)OC(C)(C)C. The Morgan fingerprint density at radius 1 is 1.10 bits per heavy atom. The van der Waals surface area contributed by atoms with Gasteiger partial charge in [0.25, 0.3) is 0 Å². The van der Waals surface area contributed by atoms with Crippen LogP contribution in [0.3, 0.4) is 0 Å². The van der Waals surface area contributed by atoms with Gasteiger partial charge >= 0.3 is 18.2 Å². The van der Waals surface area contributed by atoms with Crippen molar-refractivity contribution in [2.24, 2.45) is 0 Å². The van der Waals surface area contributed by atoms with Gasteiger partial charge in [-0.25, -0.2) is 14.4 Å². The molecule has 1 saturated heterocycles. The van der Waals surface area contributed by atoms with Gasteiger partial charge in [0.15, 0.2) is 0 Å². The van der Waals surface area contributed by atoms with E-state index in [0.717, 1.165) is 0 Å². The van der Waals surface area contributed by atoms with Gasteiger partial charge in [0.1, 0.15) is 22.6 Å². The minimum absolute atomic E-state index is 0.0197. The molecule has 0 unspecified atom stereocenters. The van der Waals surface area contributed by atoms with E-state index in [1.165, 1.54) is 7.11 Å². The fraction of sp³-hybridized carbons (Fsp3) is 0.762. The number of ether oxygens (including phenoxy) is 4. The van der Waals surface area contributed by atoms with Crippen LogP contribution in [0.1, 0.15) is 68.2 Å². The Balaban J connectivity index is 2.86. The Kier molecular flexibility index (Phi) is 8.31. The minimum atomic E-state index is -0.809. The molecular formula is C21H36N2O7. The standard InChI is InChI=1S/C21H36N2O7/c1-19(2,3)29-17(25)22-15(16(24)27-9)12-10-11-14-13-28-21(7,8)23(14)18(26)30-20(4,5)6/h12,14H,10-11,13H2,1-9H3,(H,22,25)/b15-12-/t14-/m1/s1. The molecule has 30 heavy (non-hydrogen) atoms. The number of rotatable bonds is 5. The van der Waals surface area contributed by atoms with Gasteiger partial charge in [0.05, 0.1) is 19.8 Å². The summed E-state index contributed by atoms with van der Waals surface area (Å²) in [6.07, 6.45) is 1.23. The monoisotopic (exact) mass is 428 g/mol. The van der Waals surface area contributed by atoms with Gasteiger partial charge in [0, 0.05) is 0 Å². The van der Waals surface area contributed by atoms with Crippen LogP contribution in [0.25, 0.3) is 0 Å². The predicted octanol–water partition coefficient (Wildman–Crippen LogP) is 3.72. The quantitative estimate of drug-likeness (QED) is 0.404. The summed E-state index contributed by atoms with van der Waals surface area (Å²) < 4.78 is 21.2. The van der Waals surface area contributed by atoms with Crippen LogP contribution in [0.5, 0.6) is 0 Å². The lowest BCUT2D eigenvalue weighted by Crippen LogP contribution is -2.49. The second-order valence-electron chi connectivity index (χ2n) is 9.58. The first-order valence-electron chi connectivity index (χ1n) is 10.0. The molecule has 1 rings (SSSR count). The van der Waals surface area contributed by atoms with Crippen LogP contribution in [0.2, 0.25) is 0 Å². The van der Waals surface area contributed by atoms with Crippen LogP contribution in [-0.2, 0) is 23.7 Å². The van der Waals surface area contributed by atoms with Gasteiger partial charge < -0.3 is 18.9 Å². The highest BCUT2D eigenvalue weighted by atomic mass is 16.6. The molecule has 9 heteroatoms. The number of allylic oxidation sites excluding steroid dienone is 1. The van der Waals surface area contributed by atoms with Crippen LogP contribution in [0.15, 0.2) is 11.8 Å². The number of methoxy groups -OCH3 is 1. The second-order valence-corrected chi connectivity index (χ2v) is 9.58. The summed E-state index contributed by atoms with van der Waals surface area (Å²) in [5.41, 5.74) is -2.16. The number of hydrogen-bond donors (Lipinski definition) is 1. The van der Waals surface area contributed by atoms with E-state index in [1.54, 1.807) is 66.4 Å². The van der Waals surface area contributed by atoms with E-state index in [1.807, 2.05) is 0 Å². The molecule has 0 aromatic carbocycles. The minimum Gasteiger partial charge on any atom is -0.464 e. The summed E-state index contributed by atoms with van der Waals surface area (Å²) in [7, 11) is 1.23. The van der Waals surface area contributed by atoms with Gasteiger partial charge in [0.2, 0.25) is 0 Å². The number of nitrogens with one attached hydrogen (secondary N) is 1. The molecule has 1 aliphatic heterocycles. The molecule has 1 atom stereocenters. The maximum Gasteiger partial charge on any atom is 0.412 e. The Bertz CT molecular complexity index is 672. The van der Waals surface area contributed by atoms with Crippen LogP contribution < -0.4 is 5.32 Å². The number of alkyl carbamates (subject to hydrolysis) is 1. The first-order chi connectivity index (χ1) is 13.6. The van der Waals surface area contributed by atoms with Crippen molar-refractivity contribution in [3.8, 4) is 0 Å². The summed E-state index contributed by atoms with van der Waals surface area (Å²) >= 11 is 0. The zero-order valence-corrected chi connectivity index (χ0v) is 19.6. The third-order valence-corrected chi connectivity index (χ3v) is 4.05. The van der Waals surface area contributed by atoms with E-state index in [0.29, 0.717) is 19.4 Å². The molecule has 172 valence electrons. The Labute approximate surface area is 179 Å². The number of carbonyl (C=O) groups excluding carboxylic acids is 3. The molecule has 0 aromatic heterocycles. The molecule has 0 aromatic rings. The van der Waals surface area contributed by atoms with E-state index in [4.69, 9.17) is 18.9 Å². The third-order valence-electron chi connectivity index (χ3n) is 4.05. The fourth-order valence-electron chi connectivity index (χ4n) is 2.91. The molecule has 0 radical (unpaired) electrons. The summed E-state index contributed by atoms with van der Waals surface area (Å²) in [6.45, 7) is 14.5. The van der Waals surface area contributed by atoms with E-state index in [-0.39, 0.29) is 11.7 Å². The van der Waals surface area contributed by atoms with Gasteiger partial charge in [-0.05, 0) is 68.2 Å². The average molecular weight is 429 g/mol. The van der Waals surface area contributed by atoms with Crippen molar-refractivity contribution >= 4 is 18.2 Å². The van der Waals surface area contributed by atoms with Gasteiger partial charge in [-0.1, -0.05) is 6.08 Å². The molecule has 1 heterocycles. The lowest BCUT2D eigenvalue weighted by Gasteiger charge is -2.35. The van der Waals surface area contributed by atoms with Crippen molar-refractivity contribution in [2.45, 2.75) is 91.2 Å². The van der Waals surface area contributed by atoms with Crippen molar-refractivity contribution in [3.05, 3.63) is 11.8 Å². The normalized spacial score (nSPS) is 19.3. The Morgan fingerprint density at radius 3 is 2.17 bits per heavy atom. The van der Waals surface area contributed by atoms with Crippen LogP contribution >= 0.6 is 0 Å². The van der Waals surface area contributed by atoms with Gasteiger partial charge in [-0.2, -0.15) is 0 Å². The number of carbonyl (C=O) groups is 3. The van der Waals surface area contributed by atoms with E-state index >= 15 is 0 Å². The molecule has 9 nitrogen and oxygen atoms in total. The molecule has 0 spiro atoms. The van der Waals surface area contributed by atoms with Gasteiger partial charge in [-0.3, -0.25) is 10.2 Å². The summed E-state index contributed by atoms with van der Waals surface area (Å²) in [6, 6.07) is -0.244. The highest BCUT2D eigenvalue weighted by Crippen LogP contribution is 2.31. The number of nitrogens with zero attached hydrogens (tertiary/aromatic N) is 1. The Morgan fingerprint density at radius 2 is 1.67 bits per heavy atom. The van der Waals surface area contributed by atoms with E-state index in [9.17, 15) is 14.4 Å². The molecule has 1 N–H and O–H groups in total. The lowest BCUT2D eigenvalue weighted by atomic mass is 10.1. The third kappa shape index (κ3) is 8.22. The average Bonchev–Trinajstić information content (AvgIpc) is 2.84. The molecule has 0 bridgehead atoms. The first kappa shape index (κ1) is 25.7. The van der Waals surface area contributed by atoms with Crippen LogP contribution in [-0.4, -0.2) is 59.7 Å². The van der Waals surface area contributed by atoms with E-state index in [2.05, 4.69) is 5.32 Å². The van der Waals surface area contributed by atoms with Gasteiger partial charge in [-0.15, -0.1) is 0 Å². The fourth-order valence-corrected chi connectivity index (χ4v) is 2.91. The van der Waals surface area contributed by atoms with E-state index < -0.39 is 35.1 Å². The summed E-state index contributed by atoms with van der Waals surface area (Å²) in [5.74, 6) is -0.687. The topological polar surface area (TPSA) is 103 Å². The van der Waals surface area contributed by atoms with Crippen molar-refractivity contribution in [2.75, 3.05) is 13.7 Å². The summed E-state index contributed by atoms with van der Waals surface area (Å²) in [4.78, 5) is 38.3. The number of hydrogen-bond acceptors (Lipinski definition) is 7. The zero-order chi connectivity index (χ0) is 23.3. The molecule has 0 saturated carbocycles. The largest absolute Gasteiger partial charge is 0.464 e. The van der Waals surface area contributed by atoms with Crippen molar-refractivity contribution in [3.63, 3.8) is 0 Å². The summed E-state index contributed by atoms with van der Waals surface area (Å²) in [5, 5.41) is 2.42. The molecule has 1 fully saturated rings. The molecule has 2 amide bonds. The molecule has 0 aliphatic carbocycles. The van der Waals surface area contributed by atoms with Crippen molar-refractivity contribution in [1.82, 2.24) is 10.2 Å². The van der Waals surface area contributed by atoms with Crippen LogP contribution in [0.4, 0.5) is 9.59 Å². The number of amides is 2. The second kappa shape index (κ2) is 9.68. The first-order valence-corrected chi connectivity index (χ1v) is 10.0. The maximum atomic E-state index is 12.7. The Hall–Kier alpha value is -2.29.